The number of hydrogen-bond donors (Lipinski definition) is 1. The number of nitro groups is 1. The van der Waals surface area contributed by atoms with Crippen molar-refractivity contribution in [1.82, 2.24) is 9.97 Å². The Labute approximate surface area is 138 Å². The highest BCUT2D eigenvalue weighted by Gasteiger charge is 2.25. The first-order chi connectivity index (χ1) is 10.9. The van der Waals surface area contributed by atoms with Crippen molar-refractivity contribution in [2.24, 2.45) is 0 Å². The number of aromatic nitrogens is 2. The first kappa shape index (κ1) is 17.0. The molecule has 7 nitrogen and oxygen atoms in total. The predicted molar refractivity (Wildman–Crippen MR) is 88.3 cm³/mol. The fourth-order valence-corrected chi connectivity index (χ4v) is 1.95. The van der Waals surface area contributed by atoms with Gasteiger partial charge in [-0.05, 0) is 44.0 Å². The summed E-state index contributed by atoms with van der Waals surface area (Å²) in [7, 11) is 0. The molecule has 0 spiro atoms. The van der Waals surface area contributed by atoms with E-state index in [9.17, 15) is 10.1 Å². The smallest absolute Gasteiger partial charge is 0.373 e. The lowest BCUT2D eigenvalue weighted by Crippen LogP contribution is -2.16. The van der Waals surface area contributed by atoms with Crippen LogP contribution in [0.15, 0.2) is 24.5 Å². The molecule has 1 heterocycles. The number of hydrogen-bond acceptors (Lipinski definition) is 6. The maximum atomic E-state index is 11.4. The third-order valence-corrected chi connectivity index (χ3v) is 3.73. The Hall–Kier alpha value is -2.41. The van der Waals surface area contributed by atoms with Crippen LogP contribution in [0.5, 0.6) is 11.6 Å². The van der Waals surface area contributed by atoms with E-state index >= 15 is 0 Å². The van der Waals surface area contributed by atoms with Gasteiger partial charge in [0.05, 0.1) is 4.92 Å². The fourth-order valence-electron chi connectivity index (χ4n) is 1.84. The molecule has 0 aliphatic rings. The second-order valence-electron chi connectivity index (χ2n) is 5.10. The summed E-state index contributed by atoms with van der Waals surface area (Å²) in [5.41, 5.74) is 0.513. The largest absolute Gasteiger partial charge is 0.434 e. The maximum Gasteiger partial charge on any atom is 0.373 e. The highest BCUT2D eigenvalue weighted by Crippen LogP contribution is 2.35. The average Bonchev–Trinajstić information content (AvgIpc) is 2.50. The molecule has 0 aliphatic carbocycles. The Balaban J connectivity index is 2.39. The minimum Gasteiger partial charge on any atom is -0.434 e. The maximum absolute atomic E-state index is 11.4. The zero-order valence-corrected chi connectivity index (χ0v) is 13.8. The Morgan fingerprint density at radius 2 is 2.17 bits per heavy atom. The summed E-state index contributed by atoms with van der Waals surface area (Å²) in [6, 6.07) is 5.02. The number of nitrogens with zero attached hydrogens (tertiary/aromatic N) is 3. The quantitative estimate of drug-likeness (QED) is 0.623. The average molecular weight is 337 g/mol. The molecule has 0 saturated heterocycles. The molecular formula is C15H17ClN4O3. The first-order valence-electron chi connectivity index (χ1n) is 7.12. The summed E-state index contributed by atoms with van der Waals surface area (Å²) in [6.45, 7) is 5.70. The molecule has 2 aromatic rings. The van der Waals surface area contributed by atoms with E-state index < -0.39 is 4.92 Å². The molecule has 0 amide bonds. The molecule has 1 N–H and O–H groups in total. The number of rotatable bonds is 6. The molecule has 1 aromatic carbocycles. The van der Waals surface area contributed by atoms with Crippen molar-refractivity contribution in [3.63, 3.8) is 0 Å². The van der Waals surface area contributed by atoms with E-state index in [2.05, 4.69) is 15.3 Å². The Morgan fingerprint density at radius 1 is 1.43 bits per heavy atom. The molecule has 2 rings (SSSR count). The summed E-state index contributed by atoms with van der Waals surface area (Å²) >= 11 is 5.96. The second-order valence-corrected chi connectivity index (χ2v) is 5.51. The summed E-state index contributed by atoms with van der Waals surface area (Å²) < 4.78 is 5.57. The van der Waals surface area contributed by atoms with Gasteiger partial charge in [0.1, 0.15) is 12.1 Å². The van der Waals surface area contributed by atoms with Crippen LogP contribution in [-0.2, 0) is 0 Å². The molecule has 0 saturated carbocycles. The van der Waals surface area contributed by atoms with Crippen LogP contribution in [0.25, 0.3) is 0 Å². The van der Waals surface area contributed by atoms with Gasteiger partial charge in [0.15, 0.2) is 0 Å². The predicted octanol–water partition coefficient (Wildman–Crippen LogP) is 4.35. The van der Waals surface area contributed by atoms with Crippen molar-refractivity contribution < 1.29 is 9.66 Å². The number of benzene rings is 1. The van der Waals surface area contributed by atoms with Crippen LogP contribution in [0, 0.1) is 17.0 Å². The number of nitrogens with one attached hydrogen (secondary N) is 1. The standard InChI is InChI=1S/C15H17ClN4O3/c1-4-10(3)19-14-13(20(21)22)15(18-8-17-14)23-11-5-6-12(16)9(2)7-11/h5-8,10H,4H2,1-3H3,(H,17,18,19). The van der Waals surface area contributed by atoms with E-state index in [1.165, 1.54) is 6.33 Å². The normalized spacial score (nSPS) is 11.8. The van der Waals surface area contributed by atoms with Gasteiger partial charge < -0.3 is 10.1 Å². The topological polar surface area (TPSA) is 90.2 Å². The highest BCUT2D eigenvalue weighted by molar-refractivity contribution is 6.31. The molecule has 0 fully saturated rings. The van der Waals surface area contributed by atoms with Crippen molar-refractivity contribution in [2.45, 2.75) is 33.2 Å². The van der Waals surface area contributed by atoms with Crippen LogP contribution < -0.4 is 10.1 Å². The minimum absolute atomic E-state index is 0.0363. The molecule has 1 unspecified atom stereocenters. The molecule has 1 atom stereocenters. The van der Waals surface area contributed by atoms with E-state index in [1.807, 2.05) is 20.8 Å². The van der Waals surface area contributed by atoms with E-state index in [4.69, 9.17) is 16.3 Å². The second kappa shape index (κ2) is 7.23. The molecule has 0 radical (unpaired) electrons. The molecule has 0 bridgehead atoms. The van der Waals surface area contributed by atoms with E-state index in [0.29, 0.717) is 10.8 Å². The first-order valence-corrected chi connectivity index (χ1v) is 7.50. The van der Waals surface area contributed by atoms with E-state index in [1.54, 1.807) is 18.2 Å². The Bertz CT molecular complexity index is 724. The van der Waals surface area contributed by atoms with Gasteiger partial charge in [0.25, 0.3) is 0 Å². The third kappa shape index (κ3) is 4.07. The van der Waals surface area contributed by atoms with Crippen LogP contribution >= 0.6 is 11.6 Å². The van der Waals surface area contributed by atoms with Crippen molar-refractivity contribution >= 4 is 23.1 Å². The van der Waals surface area contributed by atoms with Crippen LogP contribution in [0.3, 0.4) is 0 Å². The SMILES string of the molecule is CCC(C)Nc1ncnc(Oc2ccc(Cl)c(C)c2)c1[N+](=O)[O-]. The van der Waals surface area contributed by atoms with Crippen molar-refractivity contribution in [3.8, 4) is 11.6 Å². The van der Waals surface area contributed by atoms with Crippen molar-refractivity contribution in [2.75, 3.05) is 5.32 Å². The lowest BCUT2D eigenvalue weighted by Gasteiger charge is -2.13. The third-order valence-electron chi connectivity index (χ3n) is 3.31. The zero-order chi connectivity index (χ0) is 17.0. The molecular weight excluding hydrogens is 320 g/mol. The summed E-state index contributed by atoms with van der Waals surface area (Å²) in [4.78, 5) is 18.7. The fraction of sp³-hybridized carbons (Fsp3) is 0.333. The Morgan fingerprint density at radius 3 is 2.78 bits per heavy atom. The number of halogens is 1. The molecule has 122 valence electrons. The van der Waals surface area contributed by atoms with Crippen molar-refractivity contribution in [1.29, 1.82) is 0 Å². The van der Waals surface area contributed by atoms with Gasteiger partial charge in [0.2, 0.25) is 5.82 Å². The van der Waals surface area contributed by atoms with E-state index in [0.717, 1.165) is 12.0 Å². The van der Waals surface area contributed by atoms with E-state index in [-0.39, 0.29) is 23.4 Å². The molecule has 8 heteroatoms. The Kier molecular flexibility index (Phi) is 5.33. The van der Waals surface area contributed by atoms with Crippen molar-refractivity contribution in [3.05, 3.63) is 45.2 Å². The van der Waals surface area contributed by atoms with Gasteiger partial charge in [0, 0.05) is 11.1 Å². The monoisotopic (exact) mass is 336 g/mol. The minimum atomic E-state index is -0.553. The van der Waals surface area contributed by atoms with Gasteiger partial charge in [-0.1, -0.05) is 18.5 Å². The van der Waals surface area contributed by atoms with Gasteiger partial charge in [-0.15, -0.1) is 0 Å². The van der Waals surface area contributed by atoms with Gasteiger partial charge in [-0.2, -0.15) is 4.98 Å². The lowest BCUT2D eigenvalue weighted by atomic mass is 10.2. The summed E-state index contributed by atoms with van der Waals surface area (Å²) in [6.07, 6.45) is 2.03. The molecule has 1 aromatic heterocycles. The number of anilines is 1. The van der Waals surface area contributed by atoms with Crippen LogP contribution in [0.4, 0.5) is 11.5 Å². The highest BCUT2D eigenvalue weighted by atomic mass is 35.5. The van der Waals surface area contributed by atoms with Crippen LogP contribution in [0.2, 0.25) is 5.02 Å². The van der Waals surface area contributed by atoms with Gasteiger partial charge in [-0.3, -0.25) is 10.1 Å². The van der Waals surface area contributed by atoms with Crippen LogP contribution in [0.1, 0.15) is 25.8 Å². The van der Waals surface area contributed by atoms with Crippen LogP contribution in [-0.4, -0.2) is 20.9 Å². The lowest BCUT2D eigenvalue weighted by molar-refractivity contribution is -0.385. The zero-order valence-electron chi connectivity index (χ0n) is 13.0. The molecule has 0 aliphatic heterocycles. The number of ether oxygens (including phenoxy) is 1. The molecule has 23 heavy (non-hydrogen) atoms. The summed E-state index contributed by atoms with van der Waals surface area (Å²) in [5, 5.41) is 15.0. The van der Waals surface area contributed by atoms with Gasteiger partial charge >= 0.3 is 11.6 Å². The van der Waals surface area contributed by atoms with Gasteiger partial charge in [-0.25, -0.2) is 4.98 Å². The summed E-state index contributed by atoms with van der Waals surface area (Å²) in [5.74, 6) is 0.445. The number of aryl methyl sites for hydroxylation is 1.